The molecule has 0 radical (unpaired) electrons. The summed E-state index contributed by atoms with van der Waals surface area (Å²) < 4.78 is 0.694. The van der Waals surface area contributed by atoms with Gasteiger partial charge in [0.2, 0.25) is 0 Å². The molecule has 8 rings (SSSR count). The van der Waals surface area contributed by atoms with Crippen molar-refractivity contribution in [2.24, 2.45) is 0 Å². The zero-order valence-corrected chi connectivity index (χ0v) is 32.5. The number of aryl methyl sites for hydroxylation is 4. The van der Waals surface area contributed by atoms with Crippen molar-refractivity contribution < 1.29 is 23.2 Å². The summed E-state index contributed by atoms with van der Waals surface area (Å²) in [4.78, 5) is 10.1. The Balaban J connectivity index is 1.25. The van der Waals surface area contributed by atoms with Gasteiger partial charge in [-0.15, -0.1) is 0 Å². The fourth-order valence-corrected chi connectivity index (χ4v) is 12.8. The molecule has 0 saturated carbocycles. The maximum absolute atomic E-state index is 5.04. The summed E-state index contributed by atoms with van der Waals surface area (Å²) in [5, 5.41) is 0. The van der Waals surface area contributed by atoms with Crippen molar-refractivity contribution in [3.05, 3.63) is 177 Å². The second-order valence-corrected chi connectivity index (χ2v) is 17.8. The van der Waals surface area contributed by atoms with Gasteiger partial charge < -0.3 is 0 Å². The van der Waals surface area contributed by atoms with E-state index in [0.29, 0.717) is 7.25 Å². The Kier molecular flexibility index (Phi) is 9.67. The zero-order chi connectivity index (χ0) is 34.9. The molecule has 2 aliphatic rings. The number of nitrogens with zero attached hydrogens (tertiary/aromatic N) is 2. The first-order valence-electron chi connectivity index (χ1n) is 18.5. The van der Waals surface area contributed by atoms with Gasteiger partial charge in [0.15, 0.2) is 0 Å². The SMILES string of the molecule is CCCc1ccc(-c2cccc3c2C=C(c2ccc(C)cn2)[CH]3[Zr][CH]2C(c3ccc(C)cn3)=Cc3c(-c4ccc(CCC)cc4)cccc32)cc1. The topological polar surface area (TPSA) is 25.8 Å². The Morgan fingerprint density at radius 3 is 1.31 bits per heavy atom. The Morgan fingerprint density at radius 2 is 0.941 bits per heavy atom. The number of rotatable bonds is 10. The molecule has 2 unspecified atom stereocenters. The molecule has 2 atom stereocenters. The van der Waals surface area contributed by atoms with Crippen LogP contribution in [0.25, 0.3) is 45.6 Å². The van der Waals surface area contributed by atoms with Crippen LogP contribution >= 0.6 is 0 Å². The molecular weight excluding hydrogens is 696 g/mol. The van der Waals surface area contributed by atoms with Crippen LogP contribution in [0.3, 0.4) is 0 Å². The van der Waals surface area contributed by atoms with Crippen LogP contribution in [0.4, 0.5) is 0 Å². The van der Waals surface area contributed by atoms with Crippen molar-refractivity contribution in [2.45, 2.75) is 60.6 Å². The summed E-state index contributed by atoms with van der Waals surface area (Å²) in [6, 6.07) is 41.4. The maximum atomic E-state index is 5.04. The van der Waals surface area contributed by atoms with Gasteiger partial charge in [0.1, 0.15) is 0 Å². The molecule has 6 aromatic rings. The fourth-order valence-electron chi connectivity index (χ4n) is 7.83. The van der Waals surface area contributed by atoms with Crippen molar-refractivity contribution in [1.82, 2.24) is 9.97 Å². The molecule has 0 fully saturated rings. The van der Waals surface area contributed by atoms with E-state index in [1.54, 1.807) is 0 Å². The minimum absolute atomic E-state index is 0.347. The van der Waals surface area contributed by atoms with Crippen molar-refractivity contribution >= 4 is 23.3 Å². The van der Waals surface area contributed by atoms with E-state index in [0.717, 1.165) is 37.1 Å². The number of hydrogen-bond acceptors (Lipinski definition) is 2. The quantitative estimate of drug-likeness (QED) is 0.140. The van der Waals surface area contributed by atoms with Gasteiger partial charge in [-0.2, -0.15) is 0 Å². The molecule has 2 heterocycles. The summed E-state index contributed by atoms with van der Waals surface area (Å²) in [5.74, 6) is 0. The van der Waals surface area contributed by atoms with E-state index in [4.69, 9.17) is 9.97 Å². The molecule has 4 aromatic carbocycles. The van der Waals surface area contributed by atoms with Gasteiger partial charge in [0, 0.05) is 0 Å². The molecule has 2 aromatic heterocycles. The van der Waals surface area contributed by atoms with Crippen LogP contribution in [-0.2, 0) is 36.1 Å². The van der Waals surface area contributed by atoms with Gasteiger partial charge >= 0.3 is 317 Å². The number of allylic oxidation sites excluding steroid dienone is 2. The molecule has 51 heavy (non-hydrogen) atoms. The van der Waals surface area contributed by atoms with Crippen molar-refractivity contribution in [3.63, 3.8) is 0 Å². The fraction of sp³-hybridized carbons (Fsp3) is 0.208. The first kappa shape index (κ1) is 33.7. The summed E-state index contributed by atoms with van der Waals surface area (Å²) in [7, 11) is 0. The molecule has 0 N–H and O–H groups in total. The second kappa shape index (κ2) is 14.6. The van der Waals surface area contributed by atoms with Crippen LogP contribution < -0.4 is 0 Å². The average Bonchev–Trinajstić information content (AvgIpc) is 3.72. The van der Waals surface area contributed by atoms with E-state index in [2.05, 4.69) is 149 Å². The first-order valence-corrected chi connectivity index (χ1v) is 21.3. The molecule has 0 spiro atoms. The Morgan fingerprint density at radius 1 is 0.510 bits per heavy atom. The standard InChI is InChI=1S/2C24H22N.Zr/c2*1-3-5-18-9-11-19(12-10-18)22-7-4-6-20-14-21(15-23(20)22)24-13-8-17(2)16-25-24;/h2*4,6-16H,3,5H2,1-2H3;. The second-order valence-electron chi connectivity index (χ2n) is 14.2. The van der Waals surface area contributed by atoms with Crippen LogP contribution in [0.2, 0.25) is 0 Å². The molecule has 0 saturated heterocycles. The van der Waals surface area contributed by atoms with Crippen LogP contribution in [0, 0.1) is 13.8 Å². The Labute approximate surface area is 315 Å². The van der Waals surface area contributed by atoms with Crippen LogP contribution in [0.5, 0.6) is 0 Å². The molecule has 0 amide bonds. The third-order valence-corrected chi connectivity index (χ3v) is 15.2. The van der Waals surface area contributed by atoms with Gasteiger partial charge in [0.05, 0.1) is 0 Å². The van der Waals surface area contributed by atoms with Gasteiger partial charge in [-0.3, -0.25) is 0 Å². The van der Waals surface area contributed by atoms with Gasteiger partial charge in [-0.1, -0.05) is 0 Å². The van der Waals surface area contributed by atoms with Crippen molar-refractivity contribution in [2.75, 3.05) is 0 Å². The number of pyridine rings is 2. The first-order chi connectivity index (χ1) is 25.0. The normalized spacial score (nSPS) is 16.0. The molecule has 2 nitrogen and oxygen atoms in total. The molecule has 3 heteroatoms. The number of aromatic nitrogens is 2. The van der Waals surface area contributed by atoms with E-state index in [1.165, 1.54) is 77.9 Å². The minimum atomic E-state index is -1.30. The Bertz CT molecular complexity index is 2080. The van der Waals surface area contributed by atoms with Gasteiger partial charge in [-0.25, -0.2) is 0 Å². The number of hydrogen-bond donors (Lipinski definition) is 0. The van der Waals surface area contributed by atoms with Gasteiger partial charge in [-0.05, 0) is 0 Å². The van der Waals surface area contributed by atoms with Crippen LogP contribution in [0.1, 0.15) is 89.8 Å². The van der Waals surface area contributed by atoms with E-state index < -0.39 is 23.2 Å². The third-order valence-electron chi connectivity index (χ3n) is 10.5. The number of benzene rings is 4. The predicted molar refractivity (Wildman–Crippen MR) is 211 cm³/mol. The monoisotopic (exact) mass is 738 g/mol. The third kappa shape index (κ3) is 6.70. The summed E-state index contributed by atoms with van der Waals surface area (Å²) in [5.41, 5.74) is 21.0. The summed E-state index contributed by atoms with van der Waals surface area (Å²) >= 11 is -1.30. The van der Waals surface area contributed by atoms with Crippen LogP contribution in [0.15, 0.2) is 122 Å². The zero-order valence-electron chi connectivity index (χ0n) is 30.1. The molecule has 0 aliphatic heterocycles. The predicted octanol–water partition coefficient (Wildman–Crippen LogP) is 12.3. The van der Waals surface area contributed by atoms with Crippen molar-refractivity contribution in [3.8, 4) is 22.3 Å². The summed E-state index contributed by atoms with van der Waals surface area (Å²) in [6.45, 7) is 8.74. The average molecular weight is 740 g/mol. The Hall–Kier alpha value is -4.46. The van der Waals surface area contributed by atoms with E-state index in [-0.39, 0.29) is 0 Å². The molecule has 0 bridgehead atoms. The molecular formula is C48H44N2Zr. The van der Waals surface area contributed by atoms with E-state index >= 15 is 0 Å². The summed E-state index contributed by atoms with van der Waals surface area (Å²) in [6.07, 6.45) is 13.6. The van der Waals surface area contributed by atoms with Gasteiger partial charge in [0.25, 0.3) is 0 Å². The van der Waals surface area contributed by atoms with E-state index in [9.17, 15) is 0 Å². The van der Waals surface area contributed by atoms with Crippen LogP contribution in [-0.4, -0.2) is 9.97 Å². The number of fused-ring (bicyclic) bond motifs is 2. The molecule has 250 valence electrons. The molecule has 2 aliphatic carbocycles. The van der Waals surface area contributed by atoms with Crippen molar-refractivity contribution in [1.29, 1.82) is 0 Å². The van der Waals surface area contributed by atoms with E-state index in [1.807, 2.05) is 12.4 Å².